The molecule has 4 aromatic rings. The highest BCUT2D eigenvalue weighted by Gasteiger charge is 2.27. The zero-order valence-electron chi connectivity index (χ0n) is 22.0. The van der Waals surface area contributed by atoms with Crippen LogP contribution in [0.4, 0.5) is 11.4 Å². The third-order valence-electron chi connectivity index (χ3n) is 7.76. The van der Waals surface area contributed by atoms with Crippen LogP contribution >= 0.6 is 0 Å². The van der Waals surface area contributed by atoms with Gasteiger partial charge in [-0.2, -0.15) is 10.4 Å². The van der Waals surface area contributed by atoms with Crippen molar-refractivity contribution in [1.29, 1.82) is 5.26 Å². The molecule has 0 radical (unpaired) electrons. The fraction of sp³-hybridized carbons (Fsp3) is 0.258. The van der Waals surface area contributed by atoms with Crippen LogP contribution in [-0.4, -0.2) is 72.8 Å². The van der Waals surface area contributed by atoms with Gasteiger partial charge in [-0.25, -0.2) is 4.52 Å². The number of fused-ring (bicyclic) bond motifs is 1. The molecular formula is C31H31N7O. The molecule has 39 heavy (non-hydrogen) atoms. The SMILES string of the molecule is C=CC(=O)NC1CN(c2ccc(-c3cc(-c4ccc(N5CCN(C)CC5)cc4)cn4ncc(C#N)c34)cc2)C1. The summed E-state index contributed by atoms with van der Waals surface area (Å²) in [5.41, 5.74) is 7.84. The zero-order valence-corrected chi connectivity index (χ0v) is 22.0. The van der Waals surface area contributed by atoms with Gasteiger partial charge in [-0.15, -0.1) is 0 Å². The summed E-state index contributed by atoms with van der Waals surface area (Å²) < 4.78 is 1.81. The van der Waals surface area contributed by atoms with E-state index in [1.807, 2.05) is 10.7 Å². The number of piperazine rings is 1. The van der Waals surface area contributed by atoms with Gasteiger partial charge in [-0.1, -0.05) is 30.8 Å². The first kappa shape index (κ1) is 24.7. The number of anilines is 2. The number of carbonyl (C=O) groups excluding carboxylic acids is 1. The number of aromatic nitrogens is 2. The van der Waals surface area contributed by atoms with E-state index < -0.39 is 0 Å². The van der Waals surface area contributed by atoms with Crippen molar-refractivity contribution >= 4 is 22.8 Å². The highest BCUT2D eigenvalue weighted by molar-refractivity contribution is 5.89. The first-order valence-corrected chi connectivity index (χ1v) is 13.3. The van der Waals surface area contributed by atoms with Gasteiger partial charge < -0.3 is 20.0 Å². The largest absolute Gasteiger partial charge is 0.369 e. The third kappa shape index (κ3) is 4.85. The molecule has 196 valence electrons. The van der Waals surface area contributed by atoms with E-state index in [0.29, 0.717) is 5.56 Å². The minimum absolute atomic E-state index is 0.137. The summed E-state index contributed by atoms with van der Waals surface area (Å²) in [5.74, 6) is -0.137. The van der Waals surface area contributed by atoms with Crippen LogP contribution < -0.4 is 15.1 Å². The normalized spacial score (nSPS) is 16.1. The molecule has 1 N–H and O–H groups in total. The number of hydrogen-bond acceptors (Lipinski definition) is 6. The molecule has 0 bridgehead atoms. The molecule has 2 aliphatic rings. The Morgan fingerprint density at radius 1 is 0.974 bits per heavy atom. The maximum atomic E-state index is 11.5. The number of pyridine rings is 1. The number of carbonyl (C=O) groups is 1. The Kier molecular flexibility index (Phi) is 6.51. The van der Waals surface area contributed by atoms with Crippen molar-refractivity contribution in [2.24, 2.45) is 0 Å². The Bertz CT molecular complexity index is 1550. The van der Waals surface area contributed by atoms with Crippen molar-refractivity contribution in [2.45, 2.75) is 6.04 Å². The molecule has 0 atom stereocenters. The van der Waals surface area contributed by atoms with E-state index in [2.05, 4.69) is 99.4 Å². The average molecular weight is 518 g/mol. The first-order valence-electron chi connectivity index (χ1n) is 13.3. The summed E-state index contributed by atoms with van der Waals surface area (Å²) in [7, 11) is 2.17. The van der Waals surface area contributed by atoms with Crippen LogP contribution in [0.25, 0.3) is 27.8 Å². The molecule has 2 saturated heterocycles. The van der Waals surface area contributed by atoms with E-state index in [4.69, 9.17) is 0 Å². The summed E-state index contributed by atoms with van der Waals surface area (Å²) in [6.45, 7) is 9.27. The smallest absolute Gasteiger partial charge is 0.243 e. The summed E-state index contributed by atoms with van der Waals surface area (Å²) in [6, 6.07) is 21.7. The zero-order chi connectivity index (χ0) is 26.9. The lowest BCUT2D eigenvalue weighted by Crippen LogP contribution is -2.59. The molecule has 4 heterocycles. The molecule has 1 amide bonds. The highest BCUT2D eigenvalue weighted by atomic mass is 16.1. The minimum Gasteiger partial charge on any atom is -0.369 e. The summed E-state index contributed by atoms with van der Waals surface area (Å²) in [6.07, 6.45) is 4.93. The van der Waals surface area contributed by atoms with Crippen molar-refractivity contribution in [3.8, 4) is 28.3 Å². The number of nitrogens with one attached hydrogen (secondary N) is 1. The lowest BCUT2D eigenvalue weighted by Gasteiger charge is -2.41. The molecule has 8 nitrogen and oxygen atoms in total. The van der Waals surface area contributed by atoms with Crippen molar-refractivity contribution in [1.82, 2.24) is 19.8 Å². The van der Waals surface area contributed by atoms with Crippen molar-refractivity contribution < 1.29 is 4.79 Å². The van der Waals surface area contributed by atoms with E-state index >= 15 is 0 Å². The van der Waals surface area contributed by atoms with Crippen LogP contribution in [0, 0.1) is 11.3 Å². The molecule has 0 saturated carbocycles. The molecule has 0 spiro atoms. The van der Waals surface area contributed by atoms with Gasteiger partial charge in [-0.05, 0) is 54.6 Å². The molecule has 2 fully saturated rings. The molecule has 2 aromatic heterocycles. The Balaban J connectivity index is 1.28. The van der Waals surface area contributed by atoms with E-state index in [0.717, 1.165) is 72.7 Å². The second-order valence-corrected chi connectivity index (χ2v) is 10.3. The Labute approximate surface area is 228 Å². The molecular weight excluding hydrogens is 486 g/mol. The van der Waals surface area contributed by atoms with Gasteiger partial charge >= 0.3 is 0 Å². The standard InChI is InChI=1S/C31H31N7O/c1-3-30(39)34-26-20-37(21-26)28-10-6-23(7-11-28)29-16-24(19-38-31(29)25(17-32)18-33-38)22-4-8-27(9-5-22)36-14-12-35(2)13-15-36/h3-11,16,18-19,26H,1,12-15,20-21H2,2H3,(H,34,39). The van der Waals surface area contributed by atoms with Gasteiger partial charge in [0.05, 0.1) is 23.3 Å². The number of hydrogen-bond donors (Lipinski definition) is 1. The number of rotatable bonds is 6. The Morgan fingerprint density at radius 2 is 1.62 bits per heavy atom. The molecule has 2 aliphatic heterocycles. The first-order chi connectivity index (χ1) is 19.0. The summed E-state index contributed by atoms with van der Waals surface area (Å²) >= 11 is 0. The van der Waals surface area contributed by atoms with Crippen LogP contribution in [0.15, 0.2) is 79.6 Å². The van der Waals surface area contributed by atoms with Crippen molar-refractivity contribution in [3.05, 3.63) is 85.2 Å². The van der Waals surface area contributed by atoms with E-state index in [1.54, 1.807) is 6.20 Å². The summed E-state index contributed by atoms with van der Waals surface area (Å²) in [4.78, 5) is 18.6. The fourth-order valence-corrected chi connectivity index (χ4v) is 5.40. The van der Waals surface area contributed by atoms with Crippen molar-refractivity contribution in [3.63, 3.8) is 0 Å². The Hall–Kier alpha value is -4.61. The third-order valence-corrected chi connectivity index (χ3v) is 7.76. The van der Waals surface area contributed by atoms with E-state index in [-0.39, 0.29) is 11.9 Å². The molecule has 2 aromatic carbocycles. The lowest BCUT2D eigenvalue weighted by atomic mass is 9.98. The quantitative estimate of drug-likeness (QED) is 0.392. The Morgan fingerprint density at radius 3 is 2.26 bits per heavy atom. The predicted octanol–water partition coefficient (Wildman–Crippen LogP) is 3.78. The van der Waals surface area contributed by atoms with E-state index in [9.17, 15) is 10.1 Å². The van der Waals surface area contributed by atoms with Crippen LogP contribution in [0.3, 0.4) is 0 Å². The van der Waals surface area contributed by atoms with Gasteiger partial charge in [-0.3, -0.25) is 4.79 Å². The molecule has 0 aliphatic carbocycles. The number of nitrogens with zero attached hydrogens (tertiary/aromatic N) is 6. The van der Waals surface area contributed by atoms with Gasteiger partial charge in [0.1, 0.15) is 6.07 Å². The number of nitriles is 1. The number of amides is 1. The lowest BCUT2D eigenvalue weighted by molar-refractivity contribution is -0.117. The van der Waals surface area contributed by atoms with Gasteiger partial charge in [0, 0.05) is 68.0 Å². The highest BCUT2D eigenvalue weighted by Crippen LogP contribution is 2.34. The molecule has 8 heteroatoms. The van der Waals surface area contributed by atoms with Crippen LogP contribution in [0.5, 0.6) is 0 Å². The van der Waals surface area contributed by atoms with Crippen LogP contribution in [0.1, 0.15) is 5.56 Å². The second-order valence-electron chi connectivity index (χ2n) is 10.3. The van der Waals surface area contributed by atoms with Crippen molar-refractivity contribution in [2.75, 3.05) is 56.1 Å². The average Bonchev–Trinajstić information content (AvgIpc) is 3.38. The number of likely N-dealkylation sites (N-methyl/N-ethyl adjacent to an activating group) is 1. The fourth-order valence-electron chi connectivity index (χ4n) is 5.40. The topological polar surface area (TPSA) is 79.9 Å². The number of benzene rings is 2. The monoisotopic (exact) mass is 517 g/mol. The summed E-state index contributed by atoms with van der Waals surface area (Å²) in [5, 5.41) is 17.2. The van der Waals surface area contributed by atoms with Gasteiger partial charge in [0.15, 0.2) is 0 Å². The second kappa shape index (κ2) is 10.3. The minimum atomic E-state index is -0.137. The predicted molar refractivity (Wildman–Crippen MR) is 155 cm³/mol. The maximum absolute atomic E-state index is 11.5. The van der Waals surface area contributed by atoms with Gasteiger partial charge in [0.2, 0.25) is 5.91 Å². The maximum Gasteiger partial charge on any atom is 0.243 e. The van der Waals surface area contributed by atoms with Crippen LogP contribution in [-0.2, 0) is 4.79 Å². The van der Waals surface area contributed by atoms with E-state index in [1.165, 1.54) is 11.8 Å². The van der Waals surface area contributed by atoms with Gasteiger partial charge in [0.25, 0.3) is 0 Å². The molecule has 6 rings (SSSR count). The molecule has 0 unspecified atom stereocenters. The van der Waals surface area contributed by atoms with Crippen LogP contribution in [0.2, 0.25) is 0 Å².